The molecule has 0 saturated carbocycles. The lowest BCUT2D eigenvalue weighted by atomic mass is 10.0. The van der Waals surface area contributed by atoms with Crippen molar-refractivity contribution in [3.63, 3.8) is 0 Å². The minimum absolute atomic E-state index is 0.0272. The quantitative estimate of drug-likeness (QED) is 0.326. The van der Waals surface area contributed by atoms with Gasteiger partial charge in [-0.1, -0.05) is 76.1 Å². The standard InChI is InChI=1S/C28H31BrClN3O4S/c1-20(2)31-28(35)26(17-21-9-5-4-6-10-21)32(18-22-11-7-8-12-25(22)30)27(34)19-33(38(3,36)37)24-15-13-23(29)14-16-24/h4-16,20,26H,17-19H2,1-3H3,(H,31,35)/t26-/m0/s1. The van der Waals surface area contributed by atoms with Gasteiger partial charge in [-0.05, 0) is 55.3 Å². The van der Waals surface area contributed by atoms with Gasteiger partial charge in [-0.3, -0.25) is 13.9 Å². The summed E-state index contributed by atoms with van der Waals surface area (Å²) >= 11 is 9.79. The van der Waals surface area contributed by atoms with E-state index in [1.807, 2.05) is 44.2 Å². The van der Waals surface area contributed by atoms with Crippen molar-refractivity contribution < 1.29 is 18.0 Å². The Hall–Kier alpha value is -2.88. The van der Waals surface area contributed by atoms with Crippen molar-refractivity contribution in [3.8, 4) is 0 Å². The number of nitrogens with zero attached hydrogens (tertiary/aromatic N) is 2. The maximum Gasteiger partial charge on any atom is 0.244 e. The number of halogens is 2. The molecule has 38 heavy (non-hydrogen) atoms. The van der Waals surface area contributed by atoms with Crippen molar-refractivity contribution in [1.29, 1.82) is 0 Å². The summed E-state index contributed by atoms with van der Waals surface area (Å²) in [6.07, 6.45) is 1.29. The Kier molecular flexibility index (Phi) is 10.4. The monoisotopic (exact) mass is 619 g/mol. The normalized spacial score (nSPS) is 12.2. The molecule has 0 aliphatic carbocycles. The van der Waals surface area contributed by atoms with Gasteiger partial charge < -0.3 is 10.2 Å². The van der Waals surface area contributed by atoms with Gasteiger partial charge in [-0.2, -0.15) is 0 Å². The lowest BCUT2D eigenvalue weighted by molar-refractivity contribution is -0.140. The predicted molar refractivity (Wildman–Crippen MR) is 156 cm³/mol. The molecule has 0 heterocycles. The number of anilines is 1. The molecule has 1 N–H and O–H groups in total. The number of benzene rings is 3. The van der Waals surface area contributed by atoms with Crippen LogP contribution in [-0.4, -0.2) is 50.0 Å². The maximum absolute atomic E-state index is 14.0. The van der Waals surface area contributed by atoms with E-state index in [9.17, 15) is 18.0 Å². The minimum atomic E-state index is -3.82. The molecule has 0 bridgehead atoms. The van der Waals surface area contributed by atoms with Crippen LogP contribution < -0.4 is 9.62 Å². The van der Waals surface area contributed by atoms with Crippen LogP contribution in [0.4, 0.5) is 5.69 Å². The molecule has 7 nitrogen and oxygen atoms in total. The van der Waals surface area contributed by atoms with Gasteiger partial charge in [0.2, 0.25) is 21.8 Å². The molecule has 0 aromatic heterocycles. The summed E-state index contributed by atoms with van der Waals surface area (Å²) in [4.78, 5) is 28.9. The van der Waals surface area contributed by atoms with Gasteiger partial charge in [-0.15, -0.1) is 0 Å². The van der Waals surface area contributed by atoms with E-state index < -0.39 is 28.5 Å². The van der Waals surface area contributed by atoms with E-state index in [0.29, 0.717) is 16.3 Å². The third kappa shape index (κ3) is 8.31. The van der Waals surface area contributed by atoms with Gasteiger partial charge in [-0.25, -0.2) is 8.42 Å². The molecule has 3 aromatic carbocycles. The topological polar surface area (TPSA) is 86.8 Å². The number of carbonyl (C=O) groups excluding carboxylic acids is 2. The van der Waals surface area contributed by atoms with E-state index in [-0.39, 0.29) is 24.9 Å². The van der Waals surface area contributed by atoms with Crippen LogP contribution >= 0.6 is 27.5 Å². The number of carbonyl (C=O) groups is 2. The molecule has 10 heteroatoms. The Morgan fingerprint density at radius 1 is 0.947 bits per heavy atom. The highest BCUT2D eigenvalue weighted by Gasteiger charge is 2.33. The zero-order chi connectivity index (χ0) is 27.9. The first-order valence-electron chi connectivity index (χ1n) is 12.1. The van der Waals surface area contributed by atoms with Crippen LogP contribution in [0, 0.1) is 0 Å². The zero-order valence-electron chi connectivity index (χ0n) is 21.5. The Bertz CT molecular complexity index is 1350. The molecule has 0 spiro atoms. The van der Waals surface area contributed by atoms with Crippen molar-refractivity contribution in [2.24, 2.45) is 0 Å². The molecular weight excluding hydrogens is 590 g/mol. The highest BCUT2D eigenvalue weighted by atomic mass is 79.9. The summed E-state index contributed by atoms with van der Waals surface area (Å²) in [6.45, 7) is 3.23. The van der Waals surface area contributed by atoms with Crippen molar-refractivity contribution in [1.82, 2.24) is 10.2 Å². The smallest absolute Gasteiger partial charge is 0.244 e. The third-order valence-electron chi connectivity index (χ3n) is 5.79. The van der Waals surface area contributed by atoms with Crippen LogP contribution in [0.3, 0.4) is 0 Å². The van der Waals surface area contributed by atoms with Crippen LogP contribution in [0.2, 0.25) is 5.02 Å². The van der Waals surface area contributed by atoms with Crippen LogP contribution in [-0.2, 0) is 32.6 Å². The second-order valence-corrected chi connectivity index (χ2v) is 12.5. The molecule has 0 aliphatic rings. The van der Waals surface area contributed by atoms with E-state index in [0.717, 1.165) is 20.6 Å². The molecule has 2 amide bonds. The first-order valence-corrected chi connectivity index (χ1v) is 15.1. The van der Waals surface area contributed by atoms with Crippen LogP contribution in [0.25, 0.3) is 0 Å². The SMILES string of the molecule is CC(C)NC(=O)[C@H](Cc1ccccc1)N(Cc1ccccc1Cl)C(=O)CN(c1ccc(Br)cc1)S(C)(=O)=O. The summed E-state index contributed by atoms with van der Waals surface area (Å²) in [5, 5.41) is 3.36. The Morgan fingerprint density at radius 3 is 2.13 bits per heavy atom. The predicted octanol–water partition coefficient (Wildman–Crippen LogP) is 5.03. The van der Waals surface area contributed by atoms with E-state index in [2.05, 4.69) is 21.2 Å². The molecule has 3 rings (SSSR count). The van der Waals surface area contributed by atoms with Crippen LogP contribution in [0.15, 0.2) is 83.3 Å². The fourth-order valence-corrected chi connectivity index (χ4v) is 5.28. The molecule has 0 unspecified atom stereocenters. The minimum Gasteiger partial charge on any atom is -0.352 e. The van der Waals surface area contributed by atoms with E-state index in [4.69, 9.17) is 11.6 Å². The number of hydrogen-bond acceptors (Lipinski definition) is 4. The van der Waals surface area contributed by atoms with Crippen molar-refractivity contribution in [2.45, 2.75) is 38.9 Å². The highest BCUT2D eigenvalue weighted by Crippen LogP contribution is 2.24. The molecule has 1 atom stereocenters. The number of amides is 2. The third-order valence-corrected chi connectivity index (χ3v) is 7.83. The van der Waals surface area contributed by atoms with Crippen LogP contribution in [0.5, 0.6) is 0 Å². The molecule has 202 valence electrons. The number of hydrogen-bond donors (Lipinski definition) is 1. The fourth-order valence-electron chi connectivity index (χ4n) is 3.97. The van der Waals surface area contributed by atoms with Gasteiger partial charge in [0.15, 0.2) is 0 Å². The van der Waals surface area contributed by atoms with Gasteiger partial charge in [0.25, 0.3) is 0 Å². The van der Waals surface area contributed by atoms with Gasteiger partial charge >= 0.3 is 0 Å². The molecule has 0 aliphatic heterocycles. The maximum atomic E-state index is 14.0. The second kappa shape index (κ2) is 13.3. The molecule has 0 fully saturated rings. The Labute approximate surface area is 238 Å². The van der Waals surface area contributed by atoms with Crippen molar-refractivity contribution in [2.75, 3.05) is 17.1 Å². The summed E-state index contributed by atoms with van der Waals surface area (Å²) in [5.74, 6) is -0.864. The van der Waals surface area contributed by atoms with Crippen molar-refractivity contribution in [3.05, 3.63) is 99.5 Å². The molecular formula is C28H31BrClN3O4S. The molecule has 0 radical (unpaired) electrons. The summed E-state index contributed by atoms with van der Waals surface area (Å²) in [7, 11) is -3.82. The Balaban J connectivity index is 2.06. The molecule has 0 saturated heterocycles. The number of sulfonamides is 1. The average Bonchev–Trinajstić information content (AvgIpc) is 2.85. The molecule has 3 aromatic rings. The van der Waals surface area contributed by atoms with E-state index >= 15 is 0 Å². The lowest BCUT2D eigenvalue weighted by Gasteiger charge is -2.34. The zero-order valence-corrected chi connectivity index (χ0v) is 24.6. The number of nitrogens with one attached hydrogen (secondary N) is 1. The summed E-state index contributed by atoms with van der Waals surface area (Å²) in [5.41, 5.74) is 1.85. The Morgan fingerprint density at radius 2 is 1.55 bits per heavy atom. The van der Waals surface area contributed by atoms with Crippen LogP contribution in [0.1, 0.15) is 25.0 Å². The largest absolute Gasteiger partial charge is 0.352 e. The first-order chi connectivity index (χ1) is 18.0. The van der Waals surface area contributed by atoms with E-state index in [1.165, 1.54) is 4.90 Å². The summed E-state index contributed by atoms with van der Waals surface area (Å²) in [6, 6.07) is 22.0. The average molecular weight is 621 g/mol. The lowest BCUT2D eigenvalue weighted by Crippen LogP contribution is -2.54. The summed E-state index contributed by atoms with van der Waals surface area (Å²) < 4.78 is 27.4. The first kappa shape index (κ1) is 29.7. The van der Waals surface area contributed by atoms with Gasteiger partial charge in [0.1, 0.15) is 12.6 Å². The number of rotatable bonds is 11. The van der Waals surface area contributed by atoms with Gasteiger partial charge in [0.05, 0.1) is 11.9 Å². The highest BCUT2D eigenvalue weighted by molar-refractivity contribution is 9.10. The fraction of sp³-hybridized carbons (Fsp3) is 0.286. The second-order valence-electron chi connectivity index (χ2n) is 9.23. The van der Waals surface area contributed by atoms with E-state index in [1.54, 1.807) is 48.5 Å². The van der Waals surface area contributed by atoms with Crippen molar-refractivity contribution >= 4 is 55.1 Å². The van der Waals surface area contributed by atoms with Gasteiger partial charge in [0, 0.05) is 28.5 Å².